The molecule has 4 heteroatoms. The van der Waals surface area contributed by atoms with Crippen molar-refractivity contribution in [3.8, 4) is 0 Å². The van der Waals surface area contributed by atoms with E-state index in [1.54, 1.807) is 6.07 Å². The Bertz CT molecular complexity index is 489. The largest absolute Gasteiger partial charge is 0.478 e. The molecular formula is C14H16BrNO2. The van der Waals surface area contributed by atoms with E-state index in [4.69, 9.17) is 5.11 Å². The number of hydrogen-bond acceptors (Lipinski definition) is 2. The smallest absolute Gasteiger partial charge is 0.336 e. The molecule has 0 amide bonds. The first kappa shape index (κ1) is 12.0. The topological polar surface area (TPSA) is 49.3 Å². The Morgan fingerprint density at radius 3 is 2.72 bits per heavy atom. The zero-order valence-electron chi connectivity index (χ0n) is 10.0. The lowest BCUT2D eigenvalue weighted by Gasteiger charge is -2.24. The third-order valence-corrected chi connectivity index (χ3v) is 4.95. The summed E-state index contributed by atoms with van der Waals surface area (Å²) in [5.74, 6) is 0.829. The van der Waals surface area contributed by atoms with Crippen molar-refractivity contribution in [2.75, 3.05) is 5.32 Å². The molecule has 0 aromatic heterocycles. The Morgan fingerprint density at radius 1 is 1.33 bits per heavy atom. The van der Waals surface area contributed by atoms with Crippen LogP contribution in [0.4, 0.5) is 5.69 Å². The molecule has 0 heterocycles. The zero-order chi connectivity index (χ0) is 12.7. The summed E-state index contributed by atoms with van der Waals surface area (Å²) in [6.45, 7) is 0. The van der Waals surface area contributed by atoms with Gasteiger partial charge in [0.2, 0.25) is 0 Å². The Balaban J connectivity index is 1.74. The van der Waals surface area contributed by atoms with Crippen LogP contribution in [0.1, 0.15) is 36.0 Å². The van der Waals surface area contributed by atoms with Gasteiger partial charge in [-0.15, -0.1) is 0 Å². The number of nitrogens with one attached hydrogen (secondary N) is 1. The molecule has 2 N–H and O–H groups in total. The molecule has 0 radical (unpaired) electrons. The number of anilines is 1. The summed E-state index contributed by atoms with van der Waals surface area (Å²) >= 11 is 3.32. The fourth-order valence-corrected chi connectivity index (χ4v) is 3.96. The minimum absolute atomic E-state index is 0.313. The Hall–Kier alpha value is -1.03. The first-order valence-electron chi connectivity index (χ1n) is 6.43. The molecule has 1 aromatic carbocycles. The van der Waals surface area contributed by atoms with E-state index in [1.807, 2.05) is 12.1 Å². The molecule has 2 fully saturated rings. The van der Waals surface area contributed by atoms with Gasteiger partial charge >= 0.3 is 5.97 Å². The number of aromatic carboxylic acids is 1. The van der Waals surface area contributed by atoms with Crippen molar-refractivity contribution in [2.45, 2.75) is 31.7 Å². The van der Waals surface area contributed by atoms with Gasteiger partial charge in [-0.25, -0.2) is 4.79 Å². The van der Waals surface area contributed by atoms with Crippen molar-refractivity contribution < 1.29 is 9.90 Å². The maximum atomic E-state index is 10.9. The number of carbonyl (C=O) groups is 1. The highest BCUT2D eigenvalue weighted by molar-refractivity contribution is 9.10. The van der Waals surface area contributed by atoms with Crippen LogP contribution in [0.3, 0.4) is 0 Å². The van der Waals surface area contributed by atoms with Crippen LogP contribution in [-0.2, 0) is 0 Å². The number of rotatable bonds is 3. The van der Waals surface area contributed by atoms with E-state index in [-0.39, 0.29) is 0 Å². The van der Waals surface area contributed by atoms with Crippen LogP contribution in [0.15, 0.2) is 22.7 Å². The summed E-state index contributed by atoms with van der Waals surface area (Å²) in [7, 11) is 0. The van der Waals surface area contributed by atoms with Gasteiger partial charge < -0.3 is 10.4 Å². The van der Waals surface area contributed by atoms with Gasteiger partial charge in [-0.05, 0) is 65.2 Å². The average molecular weight is 310 g/mol. The molecule has 1 aromatic rings. The van der Waals surface area contributed by atoms with E-state index < -0.39 is 5.97 Å². The first-order valence-corrected chi connectivity index (χ1v) is 7.22. The van der Waals surface area contributed by atoms with Crippen LogP contribution in [0.5, 0.6) is 0 Å². The average Bonchev–Trinajstić information content (AvgIpc) is 2.90. The van der Waals surface area contributed by atoms with Gasteiger partial charge in [0.05, 0.1) is 5.56 Å². The van der Waals surface area contributed by atoms with Gasteiger partial charge in [0, 0.05) is 16.2 Å². The molecule has 3 unspecified atom stereocenters. The van der Waals surface area contributed by atoms with Crippen molar-refractivity contribution in [1.82, 2.24) is 0 Å². The predicted molar refractivity (Wildman–Crippen MR) is 74.0 cm³/mol. The monoisotopic (exact) mass is 309 g/mol. The second-order valence-corrected chi connectivity index (χ2v) is 6.28. The SMILES string of the molecule is O=C(O)c1ccc(NC2CC3CCC2C3)cc1Br. The van der Waals surface area contributed by atoms with Gasteiger partial charge in [-0.1, -0.05) is 6.42 Å². The predicted octanol–water partition coefficient (Wildman–Crippen LogP) is 3.75. The van der Waals surface area contributed by atoms with Gasteiger partial charge in [-0.3, -0.25) is 0 Å². The quantitative estimate of drug-likeness (QED) is 0.894. The number of benzene rings is 1. The van der Waals surface area contributed by atoms with E-state index in [1.165, 1.54) is 25.7 Å². The molecule has 0 spiro atoms. The molecule has 3 atom stereocenters. The minimum atomic E-state index is -0.895. The number of hydrogen-bond donors (Lipinski definition) is 2. The summed E-state index contributed by atoms with van der Waals surface area (Å²) in [4.78, 5) is 10.9. The number of halogens is 1. The van der Waals surface area contributed by atoms with Gasteiger partial charge in [-0.2, -0.15) is 0 Å². The summed E-state index contributed by atoms with van der Waals surface area (Å²) < 4.78 is 0.642. The van der Waals surface area contributed by atoms with Gasteiger partial charge in [0.15, 0.2) is 0 Å². The Labute approximate surface area is 115 Å². The lowest BCUT2D eigenvalue weighted by molar-refractivity contribution is 0.0696. The zero-order valence-corrected chi connectivity index (χ0v) is 11.6. The third-order valence-electron chi connectivity index (χ3n) is 4.29. The molecule has 2 aliphatic carbocycles. The van der Waals surface area contributed by atoms with Crippen LogP contribution in [0.25, 0.3) is 0 Å². The molecule has 0 saturated heterocycles. The molecule has 2 bridgehead atoms. The molecule has 3 rings (SSSR count). The van der Waals surface area contributed by atoms with Crippen molar-refractivity contribution >= 4 is 27.6 Å². The second kappa shape index (κ2) is 4.57. The number of carboxylic acids is 1. The van der Waals surface area contributed by atoms with E-state index in [2.05, 4.69) is 21.2 Å². The summed E-state index contributed by atoms with van der Waals surface area (Å²) in [5, 5.41) is 12.5. The molecule has 96 valence electrons. The molecule has 0 aliphatic heterocycles. The molecule has 2 aliphatic rings. The second-order valence-electron chi connectivity index (χ2n) is 5.43. The lowest BCUT2D eigenvalue weighted by Crippen LogP contribution is -2.25. The van der Waals surface area contributed by atoms with E-state index >= 15 is 0 Å². The number of carboxylic acid groups (broad SMARTS) is 1. The highest BCUT2D eigenvalue weighted by atomic mass is 79.9. The van der Waals surface area contributed by atoms with Crippen molar-refractivity contribution in [1.29, 1.82) is 0 Å². The fourth-order valence-electron chi connectivity index (χ4n) is 3.41. The summed E-state index contributed by atoms with van der Waals surface area (Å²) in [5.41, 5.74) is 1.33. The normalized spacial score (nSPS) is 29.5. The van der Waals surface area contributed by atoms with Crippen LogP contribution in [0.2, 0.25) is 0 Å². The van der Waals surface area contributed by atoms with Crippen molar-refractivity contribution in [3.63, 3.8) is 0 Å². The van der Waals surface area contributed by atoms with Crippen molar-refractivity contribution in [2.24, 2.45) is 11.8 Å². The maximum Gasteiger partial charge on any atom is 0.336 e. The van der Waals surface area contributed by atoms with Gasteiger partial charge in [0.25, 0.3) is 0 Å². The van der Waals surface area contributed by atoms with E-state index in [0.717, 1.165) is 17.5 Å². The summed E-state index contributed by atoms with van der Waals surface area (Å²) in [6, 6.07) is 5.96. The first-order chi connectivity index (χ1) is 8.63. The Morgan fingerprint density at radius 2 is 2.17 bits per heavy atom. The summed E-state index contributed by atoms with van der Waals surface area (Å²) in [6.07, 6.45) is 5.37. The van der Waals surface area contributed by atoms with Crippen LogP contribution < -0.4 is 5.32 Å². The fraction of sp³-hybridized carbons (Fsp3) is 0.500. The lowest BCUT2D eigenvalue weighted by atomic mass is 9.95. The minimum Gasteiger partial charge on any atom is -0.478 e. The highest BCUT2D eigenvalue weighted by Gasteiger charge is 2.39. The molecular weight excluding hydrogens is 294 g/mol. The van der Waals surface area contributed by atoms with Crippen LogP contribution in [0, 0.1) is 11.8 Å². The maximum absolute atomic E-state index is 10.9. The van der Waals surface area contributed by atoms with Gasteiger partial charge in [0.1, 0.15) is 0 Å². The molecule has 3 nitrogen and oxygen atoms in total. The van der Waals surface area contributed by atoms with Crippen LogP contribution >= 0.6 is 15.9 Å². The van der Waals surface area contributed by atoms with Crippen molar-refractivity contribution in [3.05, 3.63) is 28.2 Å². The van der Waals surface area contributed by atoms with E-state index in [9.17, 15) is 4.79 Å². The molecule has 18 heavy (non-hydrogen) atoms. The highest BCUT2D eigenvalue weighted by Crippen LogP contribution is 2.45. The molecule has 2 saturated carbocycles. The standard InChI is InChI=1S/C14H16BrNO2/c15-12-7-10(3-4-11(12)14(17)18)16-13-6-8-1-2-9(13)5-8/h3-4,7-9,13,16H,1-2,5-6H2,(H,17,18). The third kappa shape index (κ3) is 2.14. The van der Waals surface area contributed by atoms with E-state index in [0.29, 0.717) is 16.1 Å². The number of fused-ring (bicyclic) bond motifs is 2. The Kier molecular flexibility index (Phi) is 3.06. The van der Waals surface area contributed by atoms with Crippen LogP contribution in [-0.4, -0.2) is 17.1 Å².